The van der Waals surface area contributed by atoms with Crippen molar-refractivity contribution in [1.29, 1.82) is 5.26 Å². The third-order valence-electron chi connectivity index (χ3n) is 5.47. The Morgan fingerprint density at radius 1 is 1.12 bits per heavy atom. The molecule has 0 aliphatic rings. The smallest absolute Gasteiger partial charge is 0.332 e. The molecule has 10 nitrogen and oxygen atoms in total. The van der Waals surface area contributed by atoms with Crippen LogP contribution in [-0.2, 0) is 20.6 Å². The van der Waals surface area contributed by atoms with Crippen LogP contribution in [0.15, 0.2) is 58.4 Å². The van der Waals surface area contributed by atoms with Crippen molar-refractivity contribution in [2.24, 2.45) is 14.1 Å². The fraction of sp³-hybridized carbons (Fsp3) is 0.136. The number of hydrogen-bond acceptors (Lipinski definition) is 6. The van der Waals surface area contributed by atoms with E-state index in [-0.39, 0.29) is 6.54 Å². The number of nitrogens with one attached hydrogen (secondary N) is 2. The molecule has 0 radical (unpaired) electrons. The van der Waals surface area contributed by atoms with Crippen LogP contribution < -0.4 is 16.6 Å². The van der Waals surface area contributed by atoms with Crippen LogP contribution in [0.2, 0.25) is 0 Å². The lowest BCUT2D eigenvalue weighted by Gasteiger charge is -2.08. The SMILES string of the molecule is Cn1c(Nc2ccncc2)nc2c1c(=O)n(Cc1cc3c(C#N)cccc3[nH]1)c(=O)n2C. The number of hydrogen-bond donors (Lipinski definition) is 2. The van der Waals surface area contributed by atoms with Crippen molar-refractivity contribution in [2.45, 2.75) is 6.54 Å². The summed E-state index contributed by atoms with van der Waals surface area (Å²) in [6.45, 7) is 0.0410. The molecule has 10 heteroatoms. The molecule has 0 saturated heterocycles. The van der Waals surface area contributed by atoms with E-state index in [4.69, 9.17) is 0 Å². The molecule has 0 aliphatic heterocycles. The minimum atomic E-state index is -0.477. The van der Waals surface area contributed by atoms with E-state index in [1.54, 1.807) is 61.4 Å². The summed E-state index contributed by atoms with van der Waals surface area (Å²) in [5, 5.41) is 13.2. The Kier molecular flexibility index (Phi) is 4.37. The van der Waals surface area contributed by atoms with Gasteiger partial charge < -0.3 is 14.9 Å². The first kappa shape index (κ1) is 19.3. The van der Waals surface area contributed by atoms with Gasteiger partial charge in [0.05, 0.1) is 18.2 Å². The Morgan fingerprint density at radius 2 is 1.91 bits per heavy atom. The van der Waals surface area contributed by atoms with Gasteiger partial charge in [-0.25, -0.2) is 4.79 Å². The van der Waals surface area contributed by atoms with Gasteiger partial charge in [-0.05, 0) is 30.3 Å². The highest BCUT2D eigenvalue weighted by molar-refractivity contribution is 5.86. The van der Waals surface area contributed by atoms with Crippen molar-refractivity contribution < 1.29 is 0 Å². The molecule has 0 atom stereocenters. The normalized spacial score (nSPS) is 11.2. The van der Waals surface area contributed by atoms with Crippen LogP contribution in [-0.4, -0.2) is 28.7 Å². The average molecular weight is 426 g/mol. The lowest BCUT2D eigenvalue weighted by molar-refractivity contribution is 0.648. The minimum absolute atomic E-state index is 0.0410. The van der Waals surface area contributed by atoms with Gasteiger partial charge >= 0.3 is 5.69 Å². The molecule has 0 aliphatic carbocycles. The van der Waals surface area contributed by atoms with Crippen LogP contribution in [0, 0.1) is 11.3 Å². The van der Waals surface area contributed by atoms with Crippen LogP contribution >= 0.6 is 0 Å². The first-order chi connectivity index (χ1) is 15.5. The molecule has 0 fully saturated rings. The maximum absolute atomic E-state index is 13.3. The zero-order valence-corrected chi connectivity index (χ0v) is 17.3. The van der Waals surface area contributed by atoms with E-state index in [9.17, 15) is 14.9 Å². The summed E-state index contributed by atoms with van der Waals surface area (Å²) in [5.41, 5.74) is 2.38. The highest BCUT2D eigenvalue weighted by atomic mass is 16.2. The number of fused-ring (bicyclic) bond motifs is 2. The number of anilines is 2. The highest BCUT2D eigenvalue weighted by Gasteiger charge is 2.19. The predicted octanol–water partition coefficient (Wildman–Crippen LogP) is 1.97. The molecule has 5 aromatic rings. The standard InChI is InChI=1S/C22H18N8O2/c1-28-18-19(27-21(28)26-14-6-8-24-9-7-14)29(2)22(32)30(20(18)31)12-15-10-16-13(11-23)4-3-5-17(16)25-15/h3-10,25H,12H2,1-2H3,(H,24,26,27). The summed E-state index contributed by atoms with van der Waals surface area (Å²) >= 11 is 0. The number of imidazole rings is 1. The number of nitriles is 1. The van der Waals surface area contributed by atoms with Crippen LogP contribution in [0.25, 0.3) is 22.1 Å². The van der Waals surface area contributed by atoms with Gasteiger partial charge in [0.25, 0.3) is 5.56 Å². The summed E-state index contributed by atoms with van der Waals surface area (Å²) in [5.74, 6) is 0.431. The van der Waals surface area contributed by atoms with Gasteiger partial charge in [-0.3, -0.25) is 18.9 Å². The topological polar surface area (TPSA) is 126 Å². The summed E-state index contributed by atoms with van der Waals surface area (Å²) in [6, 6.07) is 12.9. The molecular formula is C22H18N8O2. The Morgan fingerprint density at radius 3 is 2.66 bits per heavy atom. The van der Waals surface area contributed by atoms with Gasteiger partial charge in [0.1, 0.15) is 0 Å². The molecular weight excluding hydrogens is 408 g/mol. The van der Waals surface area contributed by atoms with Gasteiger partial charge in [0.15, 0.2) is 11.2 Å². The van der Waals surface area contributed by atoms with Crippen molar-refractivity contribution in [3.05, 3.63) is 80.9 Å². The molecule has 2 N–H and O–H groups in total. The van der Waals surface area contributed by atoms with Crippen LogP contribution in [0.1, 0.15) is 11.3 Å². The number of aromatic nitrogens is 6. The van der Waals surface area contributed by atoms with Crippen LogP contribution in [0.5, 0.6) is 0 Å². The Balaban J connectivity index is 1.63. The Hall–Kier alpha value is -4.65. The number of pyridine rings is 1. The molecule has 4 heterocycles. The second-order valence-corrected chi connectivity index (χ2v) is 7.43. The molecule has 4 aromatic heterocycles. The van der Waals surface area contributed by atoms with E-state index in [0.717, 1.165) is 21.2 Å². The zero-order chi connectivity index (χ0) is 22.4. The van der Waals surface area contributed by atoms with Crippen molar-refractivity contribution in [3.63, 3.8) is 0 Å². The maximum Gasteiger partial charge on any atom is 0.332 e. The molecule has 0 amide bonds. The molecule has 32 heavy (non-hydrogen) atoms. The second kappa shape index (κ2) is 7.24. The fourth-order valence-corrected chi connectivity index (χ4v) is 3.83. The fourth-order valence-electron chi connectivity index (χ4n) is 3.83. The van der Waals surface area contributed by atoms with Gasteiger partial charge in [-0.2, -0.15) is 10.2 Å². The van der Waals surface area contributed by atoms with E-state index in [0.29, 0.717) is 28.4 Å². The number of H-pyrrole nitrogens is 1. The number of aromatic amines is 1. The zero-order valence-electron chi connectivity index (χ0n) is 17.3. The largest absolute Gasteiger partial charge is 0.357 e. The Labute approximate surface area is 181 Å². The summed E-state index contributed by atoms with van der Waals surface area (Å²) in [7, 11) is 3.31. The lowest BCUT2D eigenvalue weighted by atomic mass is 10.1. The van der Waals surface area contributed by atoms with E-state index in [2.05, 4.69) is 26.3 Å². The summed E-state index contributed by atoms with van der Waals surface area (Å²) in [6.07, 6.45) is 3.29. The lowest BCUT2D eigenvalue weighted by Crippen LogP contribution is -2.39. The van der Waals surface area contributed by atoms with E-state index in [1.165, 1.54) is 4.57 Å². The van der Waals surface area contributed by atoms with Crippen molar-refractivity contribution in [3.8, 4) is 6.07 Å². The van der Waals surface area contributed by atoms with Crippen LogP contribution in [0.3, 0.4) is 0 Å². The quantitative estimate of drug-likeness (QED) is 0.452. The number of nitrogens with zero attached hydrogens (tertiary/aromatic N) is 6. The molecule has 158 valence electrons. The minimum Gasteiger partial charge on any atom is -0.357 e. The average Bonchev–Trinajstić information content (AvgIpc) is 3.36. The van der Waals surface area contributed by atoms with Gasteiger partial charge in [0.2, 0.25) is 5.95 Å². The van der Waals surface area contributed by atoms with E-state index in [1.807, 2.05) is 6.07 Å². The van der Waals surface area contributed by atoms with E-state index >= 15 is 0 Å². The maximum atomic E-state index is 13.3. The molecule has 0 bridgehead atoms. The first-order valence-electron chi connectivity index (χ1n) is 9.82. The monoisotopic (exact) mass is 426 g/mol. The van der Waals surface area contributed by atoms with Gasteiger partial charge in [-0.15, -0.1) is 0 Å². The number of benzene rings is 1. The van der Waals surface area contributed by atoms with Gasteiger partial charge in [0, 0.05) is 48.8 Å². The Bertz CT molecular complexity index is 1650. The molecule has 0 spiro atoms. The highest BCUT2D eigenvalue weighted by Crippen LogP contribution is 2.21. The van der Waals surface area contributed by atoms with Gasteiger partial charge in [-0.1, -0.05) is 6.07 Å². The number of rotatable bonds is 4. The number of aryl methyl sites for hydroxylation is 2. The third-order valence-corrected chi connectivity index (χ3v) is 5.47. The predicted molar refractivity (Wildman–Crippen MR) is 120 cm³/mol. The van der Waals surface area contributed by atoms with Crippen molar-refractivity contribution in [2.75, 3.05) is 5.32 Å². The second-order valence-electron chi connectivity index (χ2n) is 7.43. The third kappa shape index (κ3) is 2.95. The van der Waals surface area contributed by atoms with Crippen molar-refractivity contribution in [1.82, 2.24) is 28.7 Å². The first-order valence-corrected chi connectivity index (χ1v) is 9.82. The molecule has 1 aromatic carbocycles. The molecule has 5 rings (SSSR count). The molecule has 0 saturated carbocycles. The van der Waals surface area contributed by atoms with Crippen molar-refractivity contribution >= 4 is 33.7 Å². The van der Waals surface area contributed by atoms with Crippen LogP contribution in [0.4, 0.5) is 11.6 Å². The summed E-state index contributed by atoms with van der Waals surface area (Å²) < 4.78 is 4.15. The van der Waals surface area contributed by atoms with E-state index < -0.39 is 11.2 Å². The molecule has 0 unspecified atom stereocenters. The summed E-state index contributed by atoms with van der Waals surface area (Å²) in [4.78, 5) is 38.0.